The van der Waals surface area contributed by atoms with Crippen molar-refractivity contribution in [3.63, 3.8) is 0 Å². The lowest BCUT2D eigenvalue weighted by molar-refractivity contribution is 0.198. The van der Waals surface area contributed by atoms with E-state index in [9.17, 15) is 5.11 Å². The fourth-order valence-electron chi connectivity index (χ4n) is 2.82. The number of hydrogen-bond donors (Lipinski definition) is 1. The van der Waals surface area contributed by atoms with Gasteiger partial charge in [-0.05, 0) is 51.6 Å². The average Bonchev–Trinajstić information content (AvgIpc) is 2.75. The lowest BCUT2D eigenvalue weighted by Gasteiger charge is -2.29. The first-order valence-corrected chi connectivity index (χ1v) is 7.67. The van der Waals surface area contributed by atoms with E-state index >= 15 is 0 Å². The van der Waals surface area contributed by atoms with Crippen molar-refractivity contribution in [1.82, 2.24) is 4.90 Å². The number of halogens is 1. The Morgan fingerprint density at radius 2 is 2.21 bits per heavy atom. The molecule has 106 valence electrons. The molecule has 0 aromatic heterocycles. The van der Waals surface area contributed by atoms with Crippen molar-refractivity contribution in [2.45, 2.75) is 31.9 Å². The molecular weight excluding hydrogens is 304 g/mol. The molecule has 0 saturated carbocycles. The van der Waals surface area contributed by atoms with Crippen molar-refractivity contribution in [3.05, 3.63) is 28.2 Å². The lowest BCUT2D eigenvalue weighted by Crippen LogP contribution is -2.37. The van der Waals surface area contributed by atoms with Crippen LogP contribution in [-0.2, 0) is 0 Å². The molecule has 0 spiro atoms. The lowest BCUT2D eigenvalue weighted by atomic mass is 10.1. The second-order valence-corrected chi connectivity index (χ2v) is 6.49. The van der Waals surface area contributed by atoms with Crippen LogP contribution in [0.4, 0.5) is 5.69 Å². The van der Waals surface area contributed by atoms with Crippen LogP contribution >= 0.6 is 15.9 Å². The SMILES string of the molecule is CC(O)c1ccc(N2CCCC2CN(C)C)cc1Br. The maximum absolute atomic E-state index is 9.68. The van der Waals surface area contributed by atoms with Crippen molar-refractivity contribution in [3.8, 4) is 0 Å². The second-order valence-electron chi connectivity index (χ2n) is 5.63. The summed E-state index contributed by atoms with van der Waals surface area (Å²) >= 11 is 3.57. The van der Waals surface area contributed by atoms with Crippen molar-refractivity contribution < 1.29 is 5.11 Å². The topological polar surface area (TPSA) is 26.7 Å². The van der Waals surface area contributed by atoms with Gasteiger partial charge < -0.3 is 14.9 Å². The van der Waals surface area contributed by atoms with E-state index in [1.165, 1.54) is 18.5 Å². The van der Waals surface area contributed by atoms with Crippen molar-refractivity contribution in [2.75, 3.05) is 32.1 Å². The van der Waals surface area contributed by atoms with Gasteiger partial charge in [0.05, 0.1) is 6.10 Å². The van der Waals surface area contributed by atoms with E-state index in [1.807, 2.05) is 6.07 Å². The van der Waals surface area contributed by atoms with Crippen LogP contribution in [0.15, 0.2) is 22.7 Å². The fourth-order valence-corrected chi connectivity index (χ4v) is 3.52. The largest absolute Gasteiger partial charge is 0.389 e. The van der Waals surface area contributed by atoms with E-state index in [-0.39, 0.29) is 0 Å². The normalized spacial score (nSPS) is 21.2. The maximum Gasteiger partial charge on any atom is 0.0772 e. The van der Waals surface area contributed by atoms with Gasteiger partial charge in [-0.15, -0.1) is 0 Å². The third-order valence-electron chi connectivity index (χ3n) is 3.72. The zero-order chi connectivity index (χ0) is 14.0. The zero-order valence-corrected chi connectivity index (χ0v) is 13.5. The number of likely N-dealkylation sites (N-methyl/N-ethyl adjacent to an activating group) is 1. The Morgan fingerprint density at radius 3 is 2.79 bits per heavy atom. The summed E-state index contributed by atoms with van der Waals surface area (Å²) in [5, 5.41) is 9.68. The standard InChI is InChI=1S/C15H23BrN2O/c1-11(19)14-7-6-12(9-15(14)16)18-8-4-5-13(18)10-17(2)3/h6-7,9,11,13,19H,4-5,8,10H2,1-3H3. The smallest absolute Gasteiger partial charge is 0.0772 e. The summed E-state index contributed by atoms with van der Waals surface area (Å²) < 4.78 is 0.996. The predicted octanol–water partition coefficient (Wildman–Crippen LogP) is 3.03. The summed E-state index contributed by atoms with van der Waals surface area (Å²) in [5.74, 6) is 0. The minimum atomic E-state index is -0.431. The van der Waals surface area contributed by atoms with Crippen LogP contribution in [0.2, 0.25) is 0 Å². The first-order chi connectivity index (χ1) is 8.99. The van der Waals surface area contributed by atoms with Gasteiger partial charge >= 0.3 is 0 Å². The molecule has 2 atom stereocenters. The predicted molar refractivity (Wildman–Crippen MR) is 83.7 cm³/mol. The molecule has 0 bridgehead atoms. The molecular formula is C15H23BrN2O. The van der Waals surface area contributed by atoms with E-state index in [0.717, 1.165) is 23.1 Å². The van der Waals surface area contributed by atoms with Gasteiger partial charge in [-0.3, -0.25) is 0 Å². The van der Waals surface area contributed by atoms with Crippen LogP contribution in [0.3, 0.4) is 0 Å². The van der Waals surface area contributed by atoms with Crippen LogP contribution in [0.5, 0.6) is 0 Å². The van der Waals surface area contributed by atoms with Crippen LogP contribution < -0.4 is 4.90 Å². The fraction of sp³-hybridized carbons (Fsp3) is 0.600. The van der Waals surface area contributed by atoms with Crippen molar-refractivity contribution in [1.29, 1.82) is 0 Å². The summed E-state index contributed by atoms with van der Waals surface area (Å²) in [6.07, 6.45) is 2.09. The molecule has 1 aromatic carbocycles. The molecule has 1 aromatic rings. The molecule has 2 unspecified atom stereocenters. The molecule has 1 N–H and O–H groups in total. The number of nitrogens with zero attached hydrogens (tertiary/aromatic N) is 2. The number of rotatable bonds is 4. The average molecular weight is 327 g/mol. The summed E-state index contributed by atoms with van der Waals surface area (Å²) in [6.45, 7) is 4.01. The molecule has 0 radical (unpaired) electrons. The number of benzene rings is 1. The summed E-state index contributed by atoms with van der Waals surface area (Å²) in [6, 6.07) is 6.88. The molecule has 1 saturated heterocycles. The maximum atomic E-state index is 9.68. The van der Waals surface area contributed by atoms with Gasteiger partial charge in [-0.25, -0.2) is 0 Å². The van der Waals surface area contributed by atoms with Gasteiger partial charge in [0.25, 0.3) is 0 Å². The first-order valence-electron chi connectivity index (χ1n) is 6.88. The van der Waals surface area contributed by atoms with E-state index in [1.54, 1.807) is 6.92 Å². The van der Waals surface area contributed by atoms with E-state index in [4.69, 9.17) is 0 Å². The van der Waals surface area contributed by atoms with E-state index in [0.29, 0.717) is 6.04 Å². The Hall–Kier alpha value is -0.580. The molecule has 4 heteroatoms. The number of aliphatic hydroxyl groups is 1. The van der Waals surface area contributed by atoms with Crippen molar-refractivity contribution >= 4 is 21.6 Å². The minimum absolute atomic E-state index is 0.431. The molecule has 19 heavy (non-hydrogen) atoms. The van der Waals surface area contributed by atoms with Gasteiger partial charge in [-0.2, -0.15) is 0 Å². The van der Waals surface area contributed by atoms with Gasteiger partial charge in [0.1, 0.15) is 0 Å². The highest BCUT2D eigenvalue weighted by Gasteiger charge is 2.25. The monoisotopic (exact) mass is 326 g/mol. The van der Waals surface area contributed by atoms with Crippen LogP contribution in [0, 0.1) is 0 Å². The van der Waals surface area contributed by atoms with Crippen LogP contribution in [-0.4, -0.2) is 43.2 Å². The van der Waals surface area contributed by atoms with Gasteiger partial charge in [0, 0.05) is 29.3 Å². The molecule has 0 amide bonds. The second kappa shape index (κ2) is 6.25. The summed E-state index contributed by atoms with van der Waals surface area (Å²) in [5.41, 5.74) is 2.20. The minimum Gasteiger partial charge on any atom is -0.389 e. The third-order valence-corrected chi connectivity index (χ3v) is 4.41. The zero-order valence-electron chi connectivity index (χ0n) is 11.9. The number of anilines is 1. The number of hydrogen-bond acceptors (Lipinski definition) is 3. The van der Waals surface area contributed by atoms with Gasteiger partial charge in [0.2, 0.25) is 0 Å². The third kappa shape index (κ3) is 3.50. The molecule has 3 nitrogen and oxygen atoms in total. The van der Waals surface area contributed by atoms with Gasteiger partial charge in [0.15, 0.2) is 0 Å². The Balaban J connectivity index is 2.19. The van der Waals surface area contributed by atoms with Gasteiger partial charge in [-0.1, -0.05) is 22.0 Å². The van der Waals surface area contributed by atoms with E-state index in [2.05, 4.69) is 52.0 Å². The quantitative estimate of drug-likeness (QED) is 0.921. The molecule has 1 aliphatic rings. The Labute approximate surface area is 124 Å². The molecule has 2 rings (SSSR count). The Bertz CT molecular complexity index is 434. The van der Waals surface area contributed by atoms with Crippen LogP contribution in [0.1, 0.15) is 31.4 Å². The Kier molecular flexibility index (Phi) is 4.87. The molecule has 1 heterocycles. The highest BCUT2D eigenvalue weighted by atomic mass is 79.9. The molecule has 1 fully saturated rings. The summed E-state index contributed by atoms with van der Waals surface area (Å²) in [7, 11) is 4.26. The van der Waals surface area contributed by atoms with E-state index < -0.39 is 6.10 Å². The van der Waals surface area contributed by atoms with Crippen molar-refractivity contribution in [2.24, 2.45) is 0 Å². The highest BCUT2D eigenvalue weighted by molar-refractivity contribution is 9.10. The summed E-state index contributed by atoms with van der Waals surface area (Å²) in [4.78, 5) is 4.73. The first kappa shape index (κ1) is 14.8. The highest BCUT2D eigenvalue weighted by Crippen LogP contribution is 2.32. The molecule has 1 aliphatic heterocycles. The number of aliphatic hydroxyl groups excluding tert-OH is 1. The van der Waals surface area contributed by atoms with Crippen LogP contribution in [0.25, 0.3) is 0 Å². The Morgan fingerprint density at radius 1 is 1.47 bits per heavy atom. The molecule has 0 aliphatic carbocycles.